The molecule has 0 atom stereocenters. The number of benzene rings is 1. The van der Waals surface area contributed by atoms with E-state index >= 15 is 0 Å². The van der Waals surface area contributed by atoms with Gasteiger partial charge in [0.2, 0.25) is 0 Å². The molecule has 0 bridgehead atoms. The van der Waals surface area contributed by atoms with E-state index in [0.717, 1.165) is 11.1 Å². The lowest BCUT2D eigenvalue weighted by molar-refractivity contribution is 0.602. The molecule has 0 radical (unpaired) electrons. The number of sulfone groups is 1. The zero-order valence-electron chi connectivity index (χ0n) is 15.2. The number of H-pyrrole nitrogens is 1. The number of rotatable bonds is 4. The van der Waals surface area contributed by atoms with Gasteiger partial charge in [0, 0.05) is 23.2 Å². The van der Waals surface area contributed by atoms with Crippen LogP contribution >= 0.6 is 0 Å². The molecule has 4 heterocycles. The van der Waals surface area contributed by atoms with Crippen LogP contribution < -0.4 is 5.32 Å². The summed E-state index contributed by atoms with van der Waals surface area (Å²) in [4.78, 5) is 9.16. The molecule has 10 heteroatoms. The van der Waals surface area contributed by atoms with Crippen molar-refractivity contribution in [1.82, 2.24) is 29.9 Å². The number of anilines is 2. The molecule has 5 rings (SSSR count). The normalized spacial score (nSPS) is 11.9. The molecule has 0 spiro atoms. The summed E-state index contributed by atoms with van der Waals surface area (Å²) >= 11 is 0. The van der Waals surface area contributed by atoms with Gasteiger partial charge in [0.1, 0.15) is 5.52 Å². The van der Waals surface area contributed by atoms with Crippen LogP contribution in [0.2, 0.25) is 0 Å². The lowest BCUT2D eigenvalue weighted by Gasteiger charge is -2.08. The number of fused-ring (bicyclic) bond motifs is 3. The zero-order valence-corrected chi connectivity index (χ0v) is 16.1. The van der Waals surface area contributed by atoms with Gasteiger partial charge >= 0.3 is 0 Å². The van der Waals surface area contributed by atoms with Gasteiger partial charge in [0.25, 0.3) is 0 Å². The molecule has 1 aromatic carbocycles. The number of hydrogen-bond acceptors (Lipinski definition) is 7. The standard InChI is InChI=1S/C19H15N7O2S/c1-29(27,28)13-5-6-16-14(8-13)15-10-21-25-18(15)19(24-16)23-12-9-22-26(11-12)17-4-2-3-7-20-17/h2-11H,1H3,(H,21,25)(H,23,24). The zero-order chi connectivity index (χ0) is 20.0. The van der Waals surface area contributed by atoms with Crippen molar-refractivity contribution in [3.8, 4) is 5.82 Å². The van der Waals surface area contributed by atoms with Crippen molar-refractivity contribution in [2.45, 2.75) is 4.90 Å². The largest absolute Gasteiger partial charge is 0.336 e. The Hall–Kier alpha value is -3.79. The van der Waals surface area contributed by atoms with Gasteiger partial charge in [0.15, 0.2) is 21.5 Å². The minimum absolute atomic E-state index is 0.242. The predicted octanol–water partition coefficient (Wildman–Crippen LogP) is 2.84. The van der Waals surface area contributed by atoms with Crippen molar-refractivity contribution in [3.05, 3.63) is 61.2 Å². The molecule has 0 aliphatic rings. The molecule has 0 aliphatic carbocycles. The maximum atomic E-state index is 11.9. The second kappa shape index (κ2) is 6.38. The smallest absolute Gasteiger partial charge is 0.175 e. The Kier molecular flexibility index (Phi) is 3.81. The van der Waals surface area contributed by atoms with Gasteiger partial charge in [-0.1, -0.05) is 6.07 Å². The van der Waals surface area contributed by atoms with E-state index in [0.29, 0.717) is 28.1 Å². The molecule has 0 fully saturated rings. The lowest BCUT2D eigenvalue weighted by atomic mass is 10.1. The maximum absolute atomic E-state index is 11.9. The van der Waals surface area contributed by atoms with Crippen LogP contribution in [0.25, 0.3) is 27.6 Å². The van der Waals surface area contributed by atoms with Crippen molar-refractivity contribution in [3.63, 3.8) is 0 Å². The van der Waals surface area contributed by atoms with Crippen molar-refractivity contribution in [2.24, 2.45) is 0 Å². The summed E-state index contributed by atoms with van der Waals surface area (Å²) in [6.45, 7) is 0. The Morgan fingerprint density at radius 3 is 2.79 bits per heavy atom. The third-order valence-corrected chi connectivity index (χ3v) is 5.63. The van der Waals surface area contributed by atoms with Gasteiger partial charge in [-0.3, -0.25) is 5.10 Å². The van der Waals surface area contributed by atoms with E-state index < -0.39 is 9.84 Å². The number of pyridine rings is 2. The summed E-state index contributed by atoms with van der Waals surface area (Å²) < 4.78 is 25.5. The van der Waals surface area contributed by atoms with Gasteiger partial charge in [-0.15, -0.1) is 0 Å². The first-order chi connectivity index (χ1) is 14.0. The molecule has 0 unspecified atom stereocenters. The summed E-state index contributed by atoms with van der Waals surface area (Å²) in [5.41, 5.74) is 2.06. The Labute approximate surface area is 165 Å². The fourth-order valence-corrected chi connectivity index (χ4v) is 3.78. The molecule has 0 saturated heterocycles. The first kappa shape index (κ1) is 17.3. The third kappa shape index (κ3) is 3.09. The first-order valence-corrected chi connectivity index (χ1v) is 10.6. The quantitative estimate of drug-likeness (QED) is 0.472. The average Bonchev–Trinajstić information content (AvgIpc) is 3.38. The first-order valence-electron chi connectivity index (χ1n) is 8.69. The molecule has 4 aromatic heterocycles. The molecule has 0 saturated carbocycles. The van der Waals surface area contributed by atoms with Crippen LogP contribution in [0, 0.1) is 0 Å². The number of nitrogens with one attached hydrogen (secondary N) is 2. The van der Waals surface area contributed by atoms with E-state index in [2.05, 4.69) is 30.6 Å². The van der Waals surface area contributed by atoms with Crippen molar-refractivity contribution >= 4 is 43.1 Å². The van der Waals surface area contributed by atoms with E-state index in [1.807, 2.05) is 24.4 Å². The van der Waals surface area contributed by atoms with Crippen LogP contribution in [0.15, 0.2) is 66.1 Å². The van der Waals surface area contributed by atoms with E-state index in [1.165, 1.54) is 6.26 Å². The van der Waals surface area contributed by atoms with E-state index in [9.17, 15) is 8.42 Å². The van der Waals surface area contributed by atoms with E-state index in [4.69, 9.17) is 0 Å². The van der Waals surface area contributed by atoms with Crippen LogP contribution in [0.4, 0.5) is 11.5 Å². The number of hydrogen-bond donors (Lipinski definition) is 2. The number of nitrogens with zero attached hydrogens (tertiary/aromatic N) is 5. The summed E-state index contributed by atoms with van der Waals surface area (Å²) in [5, 5.41) is 16.1. The highest BCUT2D eigenvalue weighted by molar-refractivity contribution is 7.90. The van der Waals surface area contributed by atoms with E-state index in [-0.39, 0.29) is 4.90 Å². The molecule has 29 heavy (non-hydrogen) atoms. The summed E-state index contributed by atoms with van der Waals surface area (Å²) in [7, 11) is -3.32. The SMILES string of the molecule is CS(=O)(=O)c1ccc2nc(Nc3cnn(-c4ccccn4)c3)c3[nH]ncc3c2c1. The predicted molar refractivity (Wildman–Crippen MR) is 109 cm³/mol. The second-order valence-corrected chi connectivity index (χ2v) is 8.57. The fraction of sp³-hybridized carbons (Fsp3) is 0.0526. The van der Waals surface area contributed by atoms with Crippen LogP contribution in [0.5, 0.6) is 0 Å². The maximum Gasteiger partial charge on any atom is 0.175 e. The molecule has 2 N–H and O–H groups in total. The highest BCUT2D eigenvalue weighted by Gasteiger charge is 2.15. The number of aromatic nitrogens is 6. The lowest BCUT2D eigenvalue weighted by Crippen LogP contribution is -1.99. The molecule has 0 aliphatic heterocycles. The Balaban J connectivity index is 1.59. The summed E-state index contributed by atoms with van der Waals surface area (Å²) in [6.07, 6.45) is 8.03. The van der Waals surface area contributed by atoms with Gasteiger partial charge in [0.05, 0.1) is 34.7 Å². The van der Waals surface area contributed by atoms with Gasteiger partial charge in [-0.25, -0.2) is 23.1 Å². The van der Waals surface area contributed by atoms with Crippen LogP contribution in [0.1, 0.15) is 0 Å². The second-order valence-electron chi connectivity index (χ2n) is 6.56. The van der Waals surface area contributed by atoms with Gasteiger partial charge in [-0.2, -0.15) is 10.2 Å². The van der Waals surface area contributed by atoms with Gasteiger partial charge in [-0.05, 0) is 30.3 Å². The molecule has 0 amide bonds. The molecular formula is C19H15N7O2S. The fourth-order valence-electron chi connectivity index (χ4n) is 3.14. The van der Waals surface area contributed by atoms with Crippen LogP contribution in [-0.4, -0.2) is 44.6 Å². The van der Waals surface area contributed by atoms with Crippen LogP contribution in [-0.2, 0) is 9.84 Å². The third-order valence-electron chi connectivity index (χ3n) is 4.52. The molecule has 9 nitrogen and oxygen atoms in total. The minimum atomic E-state index is -3.32. The summed E-state index contributed by atoms with van der Waals surface area (Å²) in [5.74, 6) is 1.27. The van der Waals surface area contributed by atoms with Crippen molar-refractivity contribution in [2.75, 3.05) is 11.6 Å². The van der Waals surface area contributed by atoms with Crippen molar-refractivity contribution in [1.29, 1.82) is 0 Å². The Bertz CT molecular complexity index is 1460. The minimum Gasteiger partial charge on any atom is -0.336 e. The Morgan fingerprint density at radius 1 is 1.10 bits per heavy atom. The average molecular weight is 405 g/mol. The molecule has 5 aromatic rings. The molecular weight excluding hydrogens is 390 g/mol. The monoisotopic (exact) mass is 405 g/mol. The number of aromatic amines is 1. The highest BCUT2D eigenvalue weighted by atomic mass is 32.2. The van der Waals surface area contributed by atoms with E-state index in [1.54, 1.807) is 41.5 Å². The topological polar surface area (TPSA) is 118 Å². The Morgan fingerprint density at radius 2 is 2.00 bits per heavy atom. The van der Waals surface area contributed by atoms with Gasteiger partial charge < -0.3 is 5.32 Å². The van der Waals surface area contributed by atoms with Crippen LogP contribution in [0.3, 0.4) is 0 Å². The highest BCUT2D eigenvalue weighted by Crippen LogP contribution is 2.31. The van der Waals surface area contributed by atoms with Crippen molar-refractivity contribution < 1.29 is 8.42 Å². The molecule has 144 valence electrons. The summed E-state index contributed by atoms with van der Waals surface area (Å²) in [6, 6.07) is 10.5.